The van der Waals surface area contributed by atoms with E-state index < -0.39 is 28.6 Å². The summed E-state index contributed by atoms with van der Waals surface area (Å²) in [5, 5.41) is 31.7. The first kappa shape index (κ1) is 15.6. The molecule has 0 radical (unpaired) electrons. The molecule has 1 aliphatic rings. The Morgan fingerprint density at radius 2 is 1.95 bits per heavy atom. The molecular formula is C15H19NO5. The molecule has 1 aliphatic carbocycles. The number of Topliss-reactive ketones (excluding diaryl/α,β-unsaturated/α-hetero) is 1. The second-order valence-corrected chi connectivity index (χ2v) is 5.94. The Bertz CT molecular complexity index is 542. The van der Waals surface area contributed by atoms with E-state index in [1.54, 1.807) is 37.3 Å². The van der Waals surface area contributed by atoms with Gasteiger partial charge in [0.1, 0.15) is 11.7 Å². The van der Waals surface area contributed by atoms with Crippen molar-refractivity contribution in [2.45, 2.75) is 38.0 Å². The lowest BCUT2D eigenvalue weighted by Crippen LogP contribution is -2.63. The van der Waals surface area contributed by atoms with Gasteiger partial charge in [0.25, 0.3) is 6.04 Å². The maximum absolute atomic E-state index is 12.6. The van der Waals surface area contributed by atoms with Crippen molar-refractivity contribution in [1.82, 2.24) is 0 Å². The molecule has 0 aromatic heterocycles. The summed E-state index contributed by atoms with van der Waals surface area (Å²) in [6, 6.07) is 6.86. The molecule has 6 heteroatoms. The molecule has 1 aromatic carbocycles. The Morgan fingerprint density at radius 1 is 1.38 bits per heavy atom. The number of ketones is 1. The lowest BCUT2D eigenvalue weighted by atomic mass is 9.64. The van der Waals surface area contributed by atoms with E-state index in [4.69, 9.17) is 0 Å². The topological polar surface area (TPSA) is 101 Å². The maximum atomic E-state index is 12.6. The fraction of sp³-hybridized carbons (Fsp3) is 0.533. The van der Waals surface area contributed by atoms with E-state index in [2.05, 4.69) is 0 Å². The lowest BCUT2D eigenvalue weighted by Gasteiger charge is -2.43. The lowest BCUT2D eigenvalue weighted by molar-refractivity contribution is -0.563. The van der Waals surface area contributed by atoms with E-state index in [-0.39, 0.29) is 18.1 Å². The molecule has 0 unspecified atom stereocenters. The molecule has 1 saturated carbocycles. The first-order chi connectivity index (χ1) is 9.76. The van der Waals surface area contributed by atoms with E-state index in [9.17, 15) is 25.1 Å². The molecule has 0 heterocycles. The fourth-order valence-corrected chi connectivity index (χ4v) is 3.46. The molecule has 1 fully saturated rings. The largest absolute Gasteiger partial charge is 0.386 e. The molecule has 0 amide bonds. The summed E-state index contributed by atoms with van der Waals surface area (Å²) < 4.78 is 0. The van der Waals surface area contributed by atoms with Gasteiger partial charge in [-0.05, 0) is 19.3 Å². The van der Waals surface area contributed by atoms with Gasteiger partial charge < -0.3 is 10.2 Å². The minimum absolute atomic E-state index is 0.116. The minimum Gasteiger partial charge on any atom is -0.386 e. The molecule has 0 bridgehead atoms. The summed E-state index contributed by atoms with van der Waals surface area (Å²) in [4.78, 5) is 23.1. The Kier molecular flexibility index (Phi) is 4.11. The van der Waals surface area contributed by atoms with Gasteiger partial charge in [0.2, 0.25) is 0 Å². The first-order valence-corrected chi connectivity index (χ1v) is 6.90. The fourth-order valence-electron chi connectivity index (χ4n) is 3.46. The number of hydrogen-bond donors (Lipinski definition) is 2. The third-order valence-corrected chi connectivity index (χ3v) is 4.34. The third kappa shape index (κ3) is 2.69. The zero-order valence-electron chi connectivity index (χ0n) is 12.0. The Morgan fingerprint density at radius 3 is 2.48 bits per heavy atom. The monoisotopic (exact) mass is 293 g/mol. The highest BCUT2D eigenvalue weighted by Gasteiger charge is 2.59. The molecule has 114 valence electrons. The van der Waals surface area contributed by atoms with Crippen LogP contribution in [0.25, 0.3) is 0 Å². The third-order valence-electron chi connectivity index (χ3n) is 4.34. The van der Waals surface area contributed by atoms with Crippen molar-refractivity contribution in [3.8, 4) is 0 Å². The average molecular weight is 293 g/mol. The molecule has 6 nitrogen and oxygen atoms in total. The number of nitro groups is 1. The SMILES string of the molecule is C[C@@H]1C[C@H](O)[C@@H]([N+](=O)[O-])[C@@](C)(O)[C@H]1C(=O)c1ccccc1. The van der Waals surface area contributed by atoms with Crippen molar-refractivity contribution in [3.63, 3.8) is 0 Å². The van der Waals surface area contributed by atoms with Crippen LogP contribution in [-0.2, 0) is 0 Å². The van der Waals surface area contributed by atoms with Crippen LogP contribution in [0.5, 0.6) is 0 Å². The average Bonchev–Trinajstić information content (AvgIpc) is 2.37. The molecule has 5 atom stereocenters. The van der Waals surface area contributed by atoms with Gasteiger partial charge in [-0.3, -0.25) is 14.9 Å². The second kappa shape index (κ2) is 5.54. The van der Waals surface area contributed by atoms with Crippen LogP contribution in [-0.4, -0.2) is 38.7 Å². The van der Waals surface area contributed by atoms with Crippen LogP contribution in [0.15, 0.2) is 30.3 Å². The van der Waals surface area contributed by atoms with Crippen LogP contribution in [0.3, 0.4) is 0 Å². The normalized spacial score (nSPS) is 36.2. The molecule has 0 saturated heterocycles. The van der Waals surface area contributed by atoms with E-state index in [1.165, 1.54) is 6.92 Å². The molecule has 0 spiro atoms. The van der Waals surface area contributed by atoms with Gasteiger partial charge in [0.05, 0.1) is 5.92 Å². The van der Waals surface area contributed by atoms with Crippen LogP contribution in [0, 0.1) is 22.0 Å². The van der Waals surface area contributed by atoms with Crippen molar-refractivity contribution >= 4 is 5.78 Å². The second-order valence-electron chi connectivity index (χ2n) is 5.94. The van der Waals surface area contributed by atoms with Crippen LogP contribution in [0.2, 0.25) is 0 Å². The highest BCUT2D eigenvalue weighted by molar-refractivity contribution is 5.98. The summed E-state index contributed by atoms with van der Waals surface area (Å²) in [5.41, 5.74) is -1.49. The van der Waals surface area contributed by atoms with E-state index in [1.807, 2.05) is 0 Å². The van der Waals surface area contributed by atoms with Crippen LogP contribution >= 0.6 is 0 Å². The van der Waals surface area contributed by atoms with Crippen molar-refractivity contribution < 1.29 is 19.9 Å². The van der Waals surface area contributed by atoms with Gasteiger partial charge in [-0.15, -0.1) is 0 Å². The van der Waals surface area contributed by atoms with Gasteiger partial charge in [-0.2, -0.15) is 0 Å². The van der Waals surface area contributed by atoms with Gasteiger partial charge in [-0.25, -0.2) is 0 Å². The van der Waals surface area contributed by atoms with E-state index in [0.29, 0.717) is 5.56 Å². The number of aliphatic hydroxyl groups excluding tert-OH is 1. The summed E-state index contributed by atoms with van der Waals surface area (Å²) in [6.45, 7) is 2.99. The van der Waals surface area contributed by atoms with Crippen molar-refractivity contribution in [2.24, 2.45) is 11.8 Å². The van der Waals surface area contributed by atoms with Gasteiger partial charge in [0.15, 0.2) is 5.78 Å². The quantitative estimate of drug-likeness (QED) is 0.497. The van der Waals surface area contributed by atoms with Crippen molar-refractivity contribution in [3.05, 3.63) is 46.0 Å². The van der Waals surface area contributed by atoms with Gasteiger partial charge in [-0.1, -0.05) is 37.3 Å². The predicted octanol–water partition coefficient (Wildman–Crippen LogP) is 1.28. The van der Waals surface area contributed by atoms with Crippen LogP contribution in [0.1, 0.15) is 30.6 Å². The van der Waals surface area contributed by atoms with Crippen LogP contribution < -0.4 is 0 Å². The minimum atomic E-state index is -1.90. The van der Waals surface area contributed by atoms with Crippen LogP contribution in [0.4, 0.5) is 0 Å². The number of aliphatic hydroxyl groups is 2. The maximum Gasteiger partial charge on any atom is 0.267 e. The molecule has 2 rings (SSSR count). The Labute approximate surface area is 122 Å². The van der Waals surface area contributed by atoms with E-state index >= 15 is 0 Å². The molecular weight excluding hydrogens is 274 g/mol. The predicted molar refractivity (Wildman–Crippen MR) is 75.5 cm³/mol. The zero-order valence-corrected chi connectivity index (χ0v) is 12.0. The van der Waals surface area contributed by atoms with Crippen molar-refractivity contribution in [2.75, 3.05) is 0 Å². The Balaban J connectivity index is 2.41. The molecule has 2 N–H and O–H groups in total. The summed E-state index contributed by atoms with van der Waals surface area (Å²) in [5.74, 6) is -1.59. The first-order valence-electron chi connectivity index (χ1n) is 6.90. The smallest absolute Gasteiger partial charge is 0.267 e. The van der Waals surface area contributed by atoms with E-state index in [0.717, 1.165) is 0 Å². The highest BCUT2D eigenvalue weighted by atomic mass is 16.6. The highest BCUT2D eigenvalue weighted by Crippen LogP contribution is 2.41. The molecule has 21 heavy (non-hydrogen) atoms. The Hall–Kier alpha value is -1.79. The molecule has 0 aliphatic heterocycles. The number of carbonyl (C=O) groups excluding carboxylic acids is 1. The summed E-state index contributed by atoms with van der Waals surface area (Å²) in [7, 11) is 0. The molecule has 1 aromatic rings. The number of nitrogens with zero attached hydrogens (tertiary/aromatic N) is 1. The van der Waals surface area contributed by atoms with Gasteiger partial charge >= 0.3 is 0 Å². The summed E-state index contributed by atoms with van der Waals surface area (Å²) >= 11 is 0. The number of hydrogen-bond acceptors (Lipinski definition) is 5. The number of carbonyl (C=O) groups is 1. The number of rotatable bonds is 3. The van der Waals surface area contributed by atoms with Crippen molar-refractivity contribution in [1.29, 1.82) is 0 Å². The standard InChI is InChI=1S/C15H19NO5/c1-9-8-11(17)14(16(20)21)15(2,19)12(9)13(18)10-6-4-3-5-7-10/h3-7,9,11-12,14,17,19H,8H2,1-2H3/t9-,11+,12-,14-,15+/m1/s1. The number of benzene rings is 1. The summed E-state index contributed by atoms with van der Waals surface area (Å²) in [6.07, 6.45) is -1.14. The zero-order chi connectivity index (χ0) is 15.8. The van der Waals surface area contributed by atoms with Gasteiger partial charge in [0, 0.05) is 10.5 Å².